The third-order valence-electron chi connectivity index (χ3n) is 7.31. The van der Waals surface area contributed by atoms with E-state index in [1.807, 2.05) is 11.8 Å². The number of hydrogen-bond acceptors (Lipinski definition) is 4. The van der Waals surface area contributed by atoms with Crippen LogP contribution < -0.4 is 5.32 Å². The van der Waals surface area contributed by atoms with Gasteiger partial charge in [0.25, 0.3) is 0 Å². The molecule has 3 saturated heterocycles. The largest absolute Gasteiger partial charge is 0.450 e. The summed E-state index contributed by atoms with van der Waals surface area (Å²) in [6.45, 7) is 7.97. The van der Waals surface area contributed by atoms with Gasteiger partial charge in [0.2, 0.25) is 0 Å². The quantitative estimate of drug-likeness (QED) is 0.851. The summed E-state index contributed by atoms with van der Waals surface area (Å²) in [5.41, 5.74) is 0.402. The van der Waals surface area contributed by atoms with Gasteiger partial charge in [-0.2, -0.15) is 0 Å². The van der Waals surface area contributed by atoms with Crippen molar-refractivity contribution in [3.05, 3.63) is 0 Å². The zero-order chi connectivity index (χ0) is 17.3. The molecule has 1 aliphatic carbocycles. The van der Waals surface area contributed by atoms with Crippen molar-refractivity contribution < 1.29 is 9.53 Å². The van der Waals surface area contributed by atoms with Crippen LogP contribution in [0.15, 0.2) is 0 Å². The number of likely N-dealkylation sites (tertiary alicyclic amines) is 2. The molecule has 142 valence electrons. The van der Waals surface area contributed by atoms with Gasteiger partial charge in [0.15, 0.2) is 0 Å². The third kappa shape index (κ3) is 3.68. The number of nitrogens with zero attached hydrogens (tertiary/aromatic N) is 2. The molecule has 0 aromatic heterocycles. The van der Waals surface area contributed by atoms with Crippen molar-refractivity contribution in [3.63, 3.8) is 0 Å². The van der Waals surface area contributed by atoms with E-state index in [0.29, 0.717) is 12.0 Å². The lowest BCUT2D eigenvalue weighted by atomic mass is 9.64. The fourth-order valence-electron chi connectivity index (χ4n) is 5.81. The lowest BCUT2D eigenvalue weighted by Crippen LogP contribution is -2.55. The SMILES string of the molecule is CCOC(=O)N1CCC2(CC(N3CCC(C4CCCCN4)CC3)C2)C1. The number of nitrogens with one attached hydrogen (secondary N) is 1. The summed E-state index contributed by atoms with van der Waals surface area (Å²) in [4.78, 5) is 16.6. The van der Waals surface area contributed by atoms with Crippen molar-refractivity contribution in [2.75, 3.05) is 39.3 Å². The first-order valence-electron chi connectivity index (χ1n) is 10.6. The highest BCUT2D eigenvalue weighted by Crippen LogP contribution is 2.50. The van der Waals surface area contributed by atoms with E-state index >= 15 is 0 Å². The van der Waals surface area contributed by atoms with E-state index in [1.165, 1.54) is 71.0 Å². The van der Waals surface area contributed by atoms with Crippen molar-refractivity contribution in [2.45, 2.75) is 70.4 Å². The van der Waals surface area contributed by atoms with Gasteiger partial charge >= 0.3 is 6.09 Å². The fourth-order valence-corrected chi connectivity index (χ4v) is 5.81. The monoisotopic (exact) mass is 349 g/mol. The number of piperidine rings is 2. The van der Waals surface area contributed by atoms with E-state index < -0.39 is 0 Å². The topological polar surface area (TPSA) is 44.8 Å². The minimum atomic E-state index is -0.108. The molecule has 0 bridgehead atoms. The number of carbonyl (C=O) groups is 1. The number of rotatable bonds is 3. The standard InChI is InChI=1S/C20H35N3O2/c1-2-25-19(24)23-12-8-20(15-23)13-17(14-20)22-10-6-16(7-11-22)18-5-3-4-9-21-18/h16-18,21H,2-15H2,1H3. The Hall–Kier alpha value is -0.810. The molecule has 1 N–H and O–H groups in total. The maximum Gasteiger partial charge on any atom is 0.409 e. The Balaban J connectivity index is 1.21. The van der Waals surface area contributed by atoms with Gasteiger partial charge in [-0.25, -0.2) is 4.79 Å². The lowest BCUT2D eigenvalue weighted by Gasteiger charge is -2.52. The summed E-state index contributed by atoms with van der Waals surface area (Å²) in [5.74, 6) is 0.899. The summed E-state index contributed by atoms with van der Waals surface area (Å²) >= 11 is 0. The minimum Gasteiger partial charge on any atom is -0.450 e. The fraction of sp³-hybridized carbons (Fsp3) is 0.950. The molecule has 1 unspecified atom stereocenters. The van der Waals surface area contributed by atoms with Crippen LogP contribution in [-0.2, 0) is 4.74 Å². The molecule has 3 aliphatic heterocycles. The molecule has 0 aromatic carbocycles. The van der Waals surface area contributed by atoms with Crippen molar-refractivity contribution >= 4 is 6.09 Å². The number of amides is 1. The third-order valence-corrected chi connectivity index (χ3v) is 7.31. The summed E-state index contributed by atoms with van der Waals surface area (Å²) in [6.07, 6.45) is 10.5. The molecular weight excluding hydrogens is 314 g/mol. The number of ether oxygens (including phenoxy) is 1. The second-order valence-corrected chi connectivity index (χ2v) is 8.86. The maximum atomic E-state index is 11.9. The Morgan fingerprint density at radius 3 is 2.64 bits per heavy atom. The van der Waals surface area contributed by atoms with E-state index in [0.717, 1.165) is 31.1 Å². The lowest BCUT2D eigenvalue weighted by molar-refractivity contribution is -0.0128. The first kappa shape index (κ1) is 17.6. The molecule has 25 heavy (non-hydrogen) atoms. The first-order valence-corrected chi connectivity index (χ1v) is 10.6. The molecule has 3 heterocycles. The molecule has 0 radical (unpaired) electrons. The molecule has 1 saturated carbocycles. The first-order chi connectivity index (χ1) is 12.2. The van der Waals surface area contributed by atoms with E-state index in [2.05, 4.69) is 10.2 Å². The average Bonchev–Trinajstić information content (AvgIpc) is 3.08. The van der Waals surface area contributed by atoms with Crippen LogP contribution in [0.3, 0.4) is 0 Å². The molecule has 0 aromatic rings. The Morgan fingerprint density at radius 1 is 1.16 bits per heavy atom. The summed E-state index contributed by atoms with van der Waals surface area (Å²) in [6, 6.07) is 1.55. The molecule has 1 amide bonds. The van der Waals surface area contributed by atoms with Gasteiger partial charge in [-0.15, -0.1) is 0 Å². The molecular formula is C20H35N3O2. The van der Waals surface area contributed by atoms with Crippen molar-refractivity contribution in [1.29, 1.82) is 0 Å². The second kappa shape index (κ2) is 7.43. The molecule has 4 aliphatic rings. The van der Waals surface area contributed by atoms with Crippen molar-refractivity contribution in [2.24, 2.45) is 11.3 Å². The van der Waals surface area contributed by atoms with Crippen LogP contribution in [0, 0.1) is 11.3 Å². The van der Waals surface area contributed by atoms with Crippen LogP contribution in [0.2, 0.25) is 0 Å². The second-order valence-electron chi connectivity index (χ2n) is 8.86. The van der Waals surface area contributed by atoms with Gasteiger partial charge in [0.1, 0.15) is 0 Å². The minimum absolute atomic E-state index is 0.108. The number of hydrogen-bond donors (Lipinski definition) is 1. The highest BCUT2D eigenvalue weighted by Gasteiger charge is 2.51. The highest BCUT2D eigenvalue weighted by atomic mass is 16.6. The Labute approximate surface area is 152 Å². The van der Waals surface area contributed by atoms with Crippen molar-refractivity contribution in [3.8, 4) is 0 Å². The summed E-state index contributed by atoms with van der Waals surface area (Å²) in [7, 11) is 0. The van der Waals surface area contributed by atoms with Gasteiger partial charge in [0.05, 0.1) is 6.61 Å². The van der Waals surface area contributed by atoms with Gasteiger partial charge < -0.3 is 19.9 Å². The van der Waals surface area contributed by atoms with Crippen LogP contribution in [0.5, 0.6) is 0 Å². The van der Waals surface area contributed by atoms with Gasteiger partial charge in [0, 0.05) is 25.2 Å². The Bertz CT molecular complexity index is 464. The van der Waals surface area contributed by atoms with E-state index in [1.54, 1.807) is 0 Å². The van der Waals surface area contributed by atoms with Crippen LogP contribution >= 0.6 is 0 Å². The zero-order valence-corrected chi connectivity index (χ0v) is 15.8. The predicted molar refractivity (Wildman–Crippen MR) is 98.6 cm³/mol. The Kier molecular flexibility index (Phi) is 5.23. The van der Waals surface area contributed by atoms with Crippen LogP contribution in [0.25, 0.3) is 0 Å². The predicted octanol–water partition coefficient (Wildman–Crippen LogP) is 2.85. The Morgan fingerprint density at radius 2 is 1.96 bits per heavy atom. The van der Waals surface area contributed by atoms with Crippen LogP contribution in [0.1, 0.15) is 58.3 Å². The molecule has 4 fully saturated rings. The zero-order valence-electron chi connectivity index (χ0n) is 15.8. The van der Waals surface area contributed by atoms with Gasteiger partial charge in [-0.1, -0.05) is 6.42 Å². The summed E-state index contributed by atoms with van der Waals surface area (Å²) in [5, 5.41) is 3.76. The normalized spacial score (nSPS) is 37.2. The van der Waals surface area contributed by atoms with Gasteiger partial charge in [-0.3, -0.25) is 0 Å². The molecule has 1 atom stereocenters. The summed E-state index contributed by atoms with van der Waals surface area (Å²) < 4.78 is 5.17. The van der Waals surface area contributed by atoms with E-state index in [9.17, 15) is 4.79 Å². The van der Waals surface area contributed by atoms with E-state index in [-0.39, 0.29) is 6.09 Å². The maximum absolute atomic E-state index is 11.9. The number of carbonyl (C=O) groups excluding carboxylic acids is 1. The average molecular weight is 350 g/mol. The molecule has 4 rings (SSSR count). The highest BCUT2D eigenvalue weighted by molar-refractivity contribution is 5.68. The molecule has 5 heteroatoms. The molecule has 5 nitrogen and oxygen atoms in total. The smallest absolute Gasteiger partial charge is 0.409 e. The van der Waals surface area contributed by atoms with E-state index in [4.69, 9.17) is 4.74 Å². The van der Waals surface area contributed by atoms with Crippen molar-refractivity contribution in [1.82, 2.24) is 15.1 Å². The van der Waals surface area contributed by atoms with Crippen LogP contribution in [-0.4, -0.2) is 67.3 Å². The van der Waals surface area contributed by atoms with Gasteiger partial charge in [-0.05, 0) is 82.8 Å². The van der Waals surface area contributed by atoms with Crippen LogP contribution in [0.4, 0.5) is 4.79 Å². The molecule has 1 spiro atoms.